The summed E-state index contributed by atoms with van der Waals surface area (Å²) in [6.45, 7) is 3.39. The van der Waals surface area contributed by atoms with E-state index in [2.05, 4.69) is 53.1 Å². The average Bonchev–Trinajstić information content (AvgIpc) is 3.54. The predicted octanol–water partition coefficient (Wildman–Crippen LogP) is 6.00. The number of aryl methyl sites for hydroxylation is 4. The molecule has 1 saturated heterocycles. The van der Waals surface area contributed by atoms with Crippen LogP contribution in [-0.2, 0) is 28.9 Å². The van der Waals surface area contributed by atoms with Gasteiger partial charge in [0.15, 0.2) is 0 Å². The Kier molecular flexibility index (Phi) is 7.38. The van der Waals surface area contributed by atoms with Gasteiger partial charge in [0.25, 0.3) is 0 Å². The number of carbonyl (C=O) groups is 1. The smallest absolute Gasteiger partial charge is 0.337 e. The number of hydrogen-bond acceptors (Lipinski definition) is 5. The minimum Gasteiger partial charge on any atom is -0.465 e. The molecular weight excluding hydrogens is 464 g/mol. The van der Waals surface area contributed by atoms with Gasteiger partial charge in [0, 0.05) is 35.8 Å². The lowest BCUT2D eigenvalue weighted by Gasteiger charge is -2.22. The zero-order chi connectivity index (χ0) is 25.8. The van der Waals surface area contributed by atoms with E-state index < -0.39 is 0 Å². The van der Waals surface area contributed by atoms with Crippen LogP contribution in [-0.4, -0.2) is 34.0 Å². The Morgan fingerprint density at radius 3 is 2.76 bits per heavy atom. The zero-order valence-corrected chi connectivity index (χ0v) is 21.4. The standard InChI is InChI=1S/C30H32N4O3/c1-21-7-9-22(10-8-21)11-13-25-26-18-23(30(35)36-2)12-14-27(26)33(16-5-15-31)29(25)24-19-32-34(20-24)28-6-3-4-17-37-28/h7-10,12,14,18-20,28H,3-6,11,13,16-17H2,1-2H3. The van der Waals surface area contributed by atoms with E-state index in [1.165, 1.54) is 18.2 Å². The molecule has 1 aliphatic heterocycles. The van der Waals surface area contributed by atoms with E-state index in [0.717, 1.165) is 66.4 Å². The quantitative estimate of drug-likeness (QED) is 0.280. The molecule has 4 aromatic rings. The Labute approximate surface area is 217 Å². The molecule has 3 heterocycles. The summed E-state index contributed by atoms with van der Waals surface area (Å²) < 4.78 is 15.1. The van der Waals surface area contributed by atoms with E-state index in [4.69, 9.17) is 9.47 Å². The Bertz CT molecular complexity index is 1440. The van der Waals surface area contributed by atoms with Gasteiger partial charge in [0.05, 0.1) is 37.1 Å². The topological polar surface area (TPSA) is 82.1 Å². The molecule has 7 nitrogen and oxygen atoms in total. The molecule has 0 saturated carbocycles. The number of esters is 1. The highest BCUT2D eigenvalue weighted by Gasteiger charge is 2.23. The second-order valence-corrected chi connectivity index (χ2v) is 9.63. The molecule has 2 aromatic heterocycles. The minimum absolute atomic E-state index is 0.0543. The maximum atomic E-state index is 12.4. The highest BCUT2D eigenvalue weighted by Crippen LogP contribution is 2.36. The molecule has 5 rings (SSSR count). The fourth-order valence-corrected chi connectivity index (χ4v) is 5.22. The van der Waals surface area contributed by atoms with Crippen molar-refractivity contribution in [2.75, 3.05) is 13.7 Å². The number of rotatable bonds is 8. The van der Waals surface area contributed by atoms with Gasteiger partial charge in [0.1, 0.15) is 6.23 Å². The van der Waals surface area contributed by atoms with Crippen molar-refractivity contribution in [2.45, 2.75) is 58.2 Å². The van der Waals surface area contributed by atoms with Gasteiger partial charge < -0.3 is 14.0 Å². The van der Waals surface area contributed by atoms with E-state index in [-0.39, 0.29) is 12.2 Å². The molecule has 1 fully saturated rings. The van der Waals surface area contributed by atoms with Crippen molar-refractivity contribution in [1.29, 1.82) is 5.26 Å². The lowest BCUT2D eigenvalue weighted by molar-refractivity contribution is -0.0394. The number of carbonyl (C=O) groups excluding carboxylic acids is 1. The maximum Gasteiger partial charge on any atom is 0.337 e. The minimum atomic E-state index is -0.361. The number of ether oxygens (including phenoxy) is 2. The van der Waals surface area contributed by atoms with Gasteiger partial charge in [-0.15, -0.1) is 0 Å². The van der Waals surface area contributed by atoms with Gasteiger partial charge in [0.2, 0.25) is 0 Å². The van der Waals surface area contributed by atoms with E-state index in [1.807, 2.05) is 23.0 Å². The van der Waals surface area contributed by atoms with Crippen LogP contribution in [0.4, 0.5) is 0 Å². The Hall–Kier alpha value is -3.89. The first-order valence-electron chi connectivity index (χ1n) is 12.9. The number of nitrogens with zero attached hydrogens (tertiary/aromatic N) is 4. The molecule has 0 radical (unpaired) electrons. The number of nitriles is 1. The molecule has 1 atom stereocenters. The molecule has 0 amide bonds. The number of methoxy groups -OCH3 is 1. The van der Waals surface area contributed by atoms with Crippen molar-refractivity contribution in [3.8, 4) is 17.3 Å². The van der Waals surface area contributed by atoms with Crippen molar-refractivity contribution in [1.82, 2.24) is 14.3 Å². The van der Waals surface area contributed by atoms with E-state index in [9.17, 15) is 10.1 Å². The Balaban J connectivity index is 1.64. The molecule has 1 aliphatic rings. The summed E-state index contributed by atoms with van der Waals surface area (Å²) in [5.41, 5.74) is 7.18. The second-order valence-electron chi connectivity index (χ2n) is 9.63. The van der Waals surface area contributed by atoms with Crippen LogP contribution in [0, 0.1) is 18.3 Å². The third-order valence-electron chi connectivity index (χ3n) is 7.15. The third kappa shape index (κ3) is 5.16. The molecule has 7 heteroatoms. The van der Waals surface area contributed by atoms with Gasteiger partial charge in [-0.3, -0.25) is 0 Å². The largest absolute Gasteiger partial charge is 0.465 e. The predicted molar refractivity (Wildman–Crippen MR) is 142 cm³/mol. The molecule has 0 N–H and O–H groups in total. The number of aromatic nitrogens is 3. The first-order chi connectivity index (χ1) is 18.1. The zero-order valence-electron chi connectivity index (χ0n) is 21.4. The summed E-state index contributed by atoms with van der Waals surface area (Å²) in [7, 11) is 1.40. The second kappa shape index (κ2) is 11.0. The molecule has 190 valence electrons. The summed E-state index contributed by atoms with van der Waals surface area (Å²) in [4.78, 5) is 12.4. The van der Waals surface area contributed by atoms with Crippen LogP contribution in [0.15, 0.2) is 54.9 Å². The summed E-state index contributed by atoms with van der Waals surface area (Å²) in [5, 5.41) is 15.1. The molecule has 1 unspecified atom stereocenters. The van der Waals surface area contributed by atoms with Gasteiger partial charge in [-0.2, -0.15) is 10.4 Å². The van der Waals surface area contributed by atoms with Crippen LogP contribution >= 0.6 is 0 Å². The van der Waals surface area contributed by atoms with Crippen molar-refractivity contribution in [3.63, 3.8) is 0 Å². The SMILES string of the molecule is COC(=O)c1ccc2c(c1)c(CCc1ccc(C)cc1)c(-c1cnn(C3CCCCO3)c1)n2CCC#N. The number of hydrogen-bond donors (Lipinski definition) is 0. The van der Waals surface area contributed by atoms with Crippen LogP contribution in [0.5, 0.6) is 0 Å². The fraction of sp³-hybridized carbons (Fsp3) is 0.367. The van der Waals surface area contributed by atoms with Crippen LogP contribution < -0.4 is 0 Å². The fourth-order valence-electron chi connectivity index (χ4n) is 5.22. The van der Waals surface area contributed by atoms with Crippen molar-refractivity contribution in [3.05, 3.63) is 77.1 Å². The van der Waals surface area contributed by atoms with E-state index in [0.29, 0.717) is 18.5 Å². The molecule has 0 spiro atoms. The molecule has 0 aliphatic carbocycles. The summed E-state index contributed by atoms with van der Waals surface area (Å²) in [6, 6.07) is 16.6. The van der Waals surface area contributed by atoms with Crippen LogP contribution in [0.1, 0.15) is 59.0 Å². The third-order valence-corrected chi connectivity index (χ3v) is 7.15. The van der Waals surface area contributed by atoms with Crippen molar-refractivity contribution < 1.29 is 14.3 Å². The van der Waals surface area contributed by atoms with E-state index >= 15 is 0 Å². The highest BCUT2D eigenvalue weighted by atomic mass is 16.5. The summed E-state index contributed by atoms with van der Waals surface area (Å²) in [6.07, 6.45) is 9.07. The van der Waals surface area contributed by atoms with Gasteiger partial charge in [-0.25, -0.2) is 9.48 Å². The van der Waals surface area contributed by atoms with Crippen molar-refractivity contribution in [2.24, 2.45) is 0 Å². The van der Waals surface area contributed by atoms with Crippen LogP contribution in [0.3, 0.4) is 0 Å². The molecule has 0 bridgehead atoms. The highest BCUT2D eigenvalue weighted by molar-refractivity contribution is 5.98. The Morgan fingerprint density at radius 2 is 2.03 bits per heavy atom. The lowest BCUT2D eigenvalue weighted by Crippen LogP contribution is -2.18. The molecule has 37 heavy (non-hydrogen) atoms. The van der Waals surface area contributed by atoms with Gasteiger partial charge in [-0.1, -0.05) is 29.8 Å². The molecular formula is C30H32N4O3. The first-order valence-corrected chi connectivity index (χ1v) is 12.9. The first kappa shape index (κ1) is 24.8. The average molecular weight is 497 g/mol. The summed E-state index contributed by atoms with van der Waals surface area (Å²) in [5.74, 6) is -0.361. The normalized spacial score (nSPS) is 15.5. The van der Waals surface area contributed by atoms with Crippen LogP contribution in [0.2, 0.25) is 0 Å². The monoisotopic (exact) mass is 496 g/mol. The van der Waals surface area contributed by atoms with Crippen LogP contribution in [0.25, 0.3) is 22.2 Å². The van der Waals surface area contributed by atoms with E-state index in [1.54, 1.807) is 6.07 Å². The summed E-state index contributed by atoms with van der Waals surface area (Å²) >= 11 is 0. The Morgan fingerprint density at radius 1 is 1.19 bits per heavy atom. The number of benzene rings is 2. The van der Waals surface area contributed by atoms with Gasteiger partial charge in [-0.05, 0) is 68.4 Å². The van der Waals surface area contributed by atoms with Crippen molar-refractivity contribution >= 4 is 16.9 Å². The lowest BCUT2D eigenvalue weighted by atomic mass is 9.98. The molecule has 2 aromatic carbocycles. The maximum absolute atomic E-state index is 12.4. The number of fused-ring (bicyclic) bond motifs is 1. The van der Waals surface area contributed by atoms with Gasteiger partial charge >= 0.3 is 5.97 Å².